The monoisotopic (exact) mass is 325 g/mol. The van der Waals surface area contributed by atoms with Gasteiger partial charge in [0.2, 0.25) is 10.0 Å². The summed E-state index contributed by atoms with van der Waals surface area (Å²) in [4.78, 5) is 12.3. The van der Waals surface area contributed by atoms with Gasteiger partial charge in [-0.15, -0.1) is 0 Å². The molecule has 0 radical (unpaired) electrons. The second kappa shape index (κ2) is 6.38. The van der Waals surface area contributed by atoms with Crippen molar-refractivity contribution in [3.05, 3.63) is 30.3 Å². The zero-order valence-electron chi connectivity index (χ0n) is 13.2. The maximum Gasteiger partial charge on any atom is 0.309 e. The number of hydrogen-bond acceptors (Lipinski definition) is 4. The number of sulfonamides is 1. The Hall–Kier alpha value is -1.40. The SMILES string of the molecule is CC(C)(C)OC(=O)C1CCC(NS(=O)(=O)c2ccccc2)C1. The van der Waals surface area contributed by atoms with Gasteiger partial charge in [0, 0.05) is 6.04 Å². The lowest BCUT2D eigenvalue weighted by atomic mass is 10.1. The summed E-state index contributed by atoms with van der Waals surface area (Å²) >= 11 is 0. The molecule has 0 saturated heterocycles. The molecule has 1 aliphatic carbocycles. The van der Waals surface area contributed by atoms with Gasteiger partial charge in [-0.25, -0.2) is 13.1 Å². The van der Waals surface area contributed by atoms with E-state index >= 15 is 0 Å². The first-order chi connectivity index (χ1) is 10.2. The number of benzene rings is 1. The summed E-state index contributed by atoms with van der Waals surface area (Å²) in [6, 6.07) is 8.04. The first-order valence-corrected chi connectivity index (χ1v) is 8.96. The van der Waals surface area contributed by atoms with Crippen molar-refractivity contribution >= 4 is 16.0 Å². The Labute approximate surface area is 132 Å². The van der Waals surface area contributed by atoms with Crippen LogP contribution in [0.4, 0.5) is 0 Å². The molecule has 0 bridgehead atoms. The predicted octanol–water partition coefficient (Wildman–Crippen LogP) is 2.48. The molecule has 0 aliphatic heterocycles. The highest BCUT2D eigenvalue weighted by molar-refractivity contribution is 7.89. The molecule has 2 rings (SSSR count). The summed E-state index contributed by atoms with van der Waals surface area (Å²) in [5, 5.41) is 0. The third-order valence-corrected chi connectivity index (χ3v) is 5.08. The quantitative estimate of drug-likeness (QED) is 0.863. The van der Waals surface area contributed by atoms with Crippen molar-refractivity contribution in [3.8, 4) is 0 Å². The van der Waals surface area contributed by atoms with Gasteiger partial charge >= 0.3 is 5.97 Å². The van der Waals surface area contributed by atoms with Gasteiger partial charge in [0.25, 0.3) is 0 Å². The van der Waals surface area contributed by atoms with E-state index < -0.39 is 15.6 Å². The van der Waals surface area contributed by atoms with Gasteiger partial charge in [-0.05, 0) is 52.2 Å². The zero-order valence-corrected chi connectivity index (χ0v) is 14.0. The fourth-order valence-corrected chi connectivity index (χ4v) is 3.88. The highest BCUT2D eigenvalue weighted by atomic mass is 32.2. The minimum absolute atomic E-state index is 0.220. The summed E-state index contributed by atoms with van der Waals surface area (Å²) in [5.41, 5.74) is -0.515. The molecule has 0 aromatic heterocycles. The molecule has 6 heteroatoms. The van der Waals surface area contributed by atoms with Crippen molar-refractivity contribution in [2.75, 3.05) is 0 Å². The molecule has 5 nitrogen and oxygen atoms in total. The van der Waals surface area contributed by atoms with E-state index in [-0.39, 0.29) is 22.8 Å². The average molecular weight is 325 g/mol. The Bertz CT molecular complexity index is 619. The van der Waals surface area contributed by atoms with Crippen LogP contribution in [0, 0.1) is 5.92 Å². The molecule has 1 saturated carbocycles. The summed E-state index contributed by atoms with van der Waals surface area (Å²) in [7, 11) is -3.53. The van der Waals surface area contributed by atoms with E-state index in [1.807, 2.05) is 20.8 Å². The van der Waals surface area contributed by atoms with Crippen LogP contribution < -0.4 is 4.72 Å². The van der Waals surface area contributed by atoms with Crippen molar-refractivity contribution in [2.45, 2.75) is 56.6 Å². The van der Waals surface area contributed by atoms with E-state index in [2.05, 4.69) is 4.72 Å². The van der Waals surface area contributed by atoms with E-state index in [1.165, 1.54) is 0 Å². The molecule has 0 amide bonds. The van der Waals surface area contributed by atoms with Crippen LogP contribution in [-0.4, -0.2) is 26.0 Å². The van der Waals surface area contributed by atoms with Gasteiger partial charge < -0.3 is 4.74 Å². The number of rotatable bonds is 4. The number of carbonyl (C=O) groups is 1. The molecule has 1 fully saturated rings. The minimum Gasteiger partial charge on any atom is -0.460 e. The Kier molecular flexibility index (Phi) is 4.92. The number of ether oxygens (including phenoxy) is 1. The minimum atomic E-state index is -3.53. The Morgan fingerprint density at radius 1 is 1.18 bits per heavy atom. The maximum atomic E-state index is 12.3. The standard InChI is InChI=1S/C16H23NO4S/c1-16(2,3)21-15(18)12-9-10-13(11-12)17-22(19,20)14-7-5-4-6-8-14/h4-8,12-13,17H,9-11H2,1-3H3. The number of hydrogen-bond donors (Lipinski definition) is 1. The van der Waals surface area contributed by atoms with E-state index in [0.717, 1.165) is 0 Å². The van der Waals surface area contributed by atoms with Crippen LogP contribution in [0.3, 0.4) is 0 Å². The summed E-state index contributed by atoms with van der Waals surface area (Å²) < 4.78 is 32.6. The fraction of sp³-hybridized carbons (Fsp3) is 0.562. The summed E-state index contributed by atoms with van der Waals surface area (Å²) in [5.74, 6) is -0.475. The van der Waals surface area contributed by atoms with Crippen LogP contribution in [-0.2, 0) is 19.6 Å². The van der Waals surface area contributed by atoms with Crippen LogP contribution in [0.15, 0.2) is 35.2 Å². The third-order valence-electron chi connectivity index (χ3n) is 3.55. The first kappa shape index (κ1) is 17.0. The largest absolute Gasteiger partial charge is 0.460 e. The van der Waals surface area contributed by atoms with Crippen LogP contribution in [0.1, 0.15) is 40.0 Å². The normalized spacial score (nSPS) is 22.5. The van der Waals surface area contributed by atoms with Crippen molar-refractivity contribution in [1.29, 1.82) is 0 Å². The van der Waals surface area contributed by atoms with Crippen molar-refractivity contribution in [3.63, 3.8) is 0 Å². The van der Waals surface area contributed by atoms with Crippen molar-refractivity contribution in [2.24, 2.45) is 5.92 Å². The summed E-state index contributed by atoms with van der Waals surface area (Å²) in [6.07, 6.45) is 1.79. The predicted molar refractivity (Wildman–Crippen MR) is 83.7 cm³/mol. The number of carbonyl (C=O) groups excluding carboxylic acids is 1. The number of esters is 1. The molecular weight excluding hydrogens is 302 g/mol. The molecule has 1 aromatic carbocycles. The molecule has 0 spiro atoms. The fourth-order valence-electron chi connectivity index (χ4n) is 2.57. The molecule has 2 atom stereocenters. The van der Waals surface area contributed by atoms with Gasteiger partial charge in [0.1, 0.15) is 5.60 Å². The second-order valence-electron chi connectivity index (χ2n) is 6.67. The van der Waals surface area contributed by atoms with Crippen LogP contribution in [0.2, 0.25) is 0 Å². The van der Waals surface area contributed by atoms with E-state index in [4.69, 9.17) is 4.74 Å². The molecule has 0 heterocycles. The lowest BCUT2D eigenvalue weighted by molar-refractivity contribution is -0.159. The molecule has 22 heavy (non-hydrogen) atoms. The molecule has 1 N–H and O–H groups in total. The van der Waals surface area contributed by atoms with Gasteiger partial charge in [0.15, 0.2) is 0 Å². The summed E-state index contributed by atoms with van der Waals surface area (Å²) in [6.45, 7) is 5.49. The van der Waals surface area contributed by atoms with Gasteiger partial charge in [-0.1, -0.05) is 18.2 Å². The van der Waals surface area contributed by atoms with E-state index in [9.17, 15) is 13.2 Å². The smallest absolute Gasteiger partial charge is 0.309 e. The molecule has 1 aromatic rings. The van der Waals surface area contributed by atoms with Crippen molar-refractivity contribution < 1.29 is 17.9 Å². The third kappa shape index (κ3) is 4.55. The highest BCUT2D eigenvalue weighted by Gasteiger charge is 2.34. The Balaban J connectivity index is 1.95. The zero-order chi connectivity index (χ0) is 16.4. The van der Waals surface area contributed by atoms with Gasteiger partial charge in [-0.3, -0.25) is 4.79 Å². The molecular formula is C16H23NO4S. The molecule has 2 unspecified atom stereocenters. The van der Waals surface area contributed by atoms with E-state index in [0.29, 0.717) is 19.3 Å². The lowest BCUT2D eigenvalue weighted by Gasteiger charge is -2.22. The Morgan fingerprint density at radius 3 is 2.41 bits per heavy atom. The van der Waals surface area contributed by atoms with E-state index in [1.54, 1.807) is 30.3 Å². The van der Waals surface area contributed by atoms with Gasteiger partial charge in [-0.2, -0.15) is 0 Å². The molecule has 122 valence electrons. The first-order valence-electron chi connectivity index (χ1n) is 7.47. The lowest BCUT2D eigenvalue weighted by Crippen LogP contribution is -2.34. The Morgan fingerprint density at radius 2 is 1.82 bits per heavy atom. The second-order valence-corrected chi connectivity index (χ2v) is 8.39. The molecule has 1 aliphatic rings. The highest BCUT2D eigenvalue weighted by Crippen LogP contribution is 2.29. The maximum absolute atomic E-state index is 12.3. The topological polar surface area (TPSA) is 72.5 Å². The van der Waals surface area contributed by atoms with Crippen molar-refractivity contribution in [1.82, 2.24) is 4.72 Å². The van der Waals surface area contributed by atoms with Gasteiger partial charge in [0.05, 0.1) is 10.8 Å². The van der Waals surface area contributed by atoms with Crippen LogP contribution in [0.25, 0.3) is 0 Å². The number of nitrogens with one attached hydrogen (secondary N) is 1. The van der Waals surface area contributed by atoms with Crippen LogP contribution in [0.5, 0.6) is 0 Å². The van der Waals surface area contributed by atoms with Crippen LogP contribution >= 0.6 is 0 Å². The average Bonchev–Trinajstić information content (AvgIpc) is 2.86.